The molecule has 0 heteroatoms. The van der Waals surface area contributed by atoms with E-state index < -0.39 is 0 Å². The second-order valence-corrected chi connectivity index (χ2v) is 17.1. The van der Waals surface area contributed by atoms with Crippen molar-refractivity contribution in [3.05, 3.63) is 218 Å². The summed E-state index contributed by atoms with van der Waals surface area (Å²) < 4.78 is 0. The summed E-state index contributed by atoms with van der Waals surface area (Å²) in [5, 5.41) is 28.3. The van der Waals surface area contributed by atoms with Crippen molar-refractivity contribution >= 4 is 118 Å². The van der Waals surface area contributed by atoms with Crippen LogP contribution in [0.5, 0.6) is 0 Å². The highest BCUT2D eigenvalue weighted by Gasteiger charge is 2.16. The van der Waals surface area contributed by atoms with E-state index in [0.717, 1.165) is 0 Å². The fourth-order valence-electron chi connectivity index (χ4n) is 11.0. The molecule has 0 nitrogen and oxygen atoms in total. The molecule has 62 heavy (non-hydrogen) atoms. The summed E-state index contributed by atoms with van der Waals surface area (Å²) in [6.07, 6.45) is 0. The standard InChI is InChI=1S/C62H36/c1-3-11-43-38(9-1)21-23-51-49(43)25-29-57-53(51)27-31-55-45-13-5-7-15-47(45)59(35-61(55)57)40-19-17-37-18-20-41(34-42(37)33-40)60-36-62-56(46-14-6-8-16-48(46)60)32-28-54-52-24-22-39-10-2-4-12-44(39)50(52)26-30-58(54)62/h1-36H. The molecule has 0 aliphatic rings. The van der Waals surface area contributed by atoms with Gasteiger partial charge < -0.3 is 0 Å². The van der Waals surface area contributed by atoms with Gasteiger partial charge in [-0.05, 0) is 165 Å². The predicted molar refractivity (Wildman–Crippen MR) is 270 cm³/mol. The molecule has 0 aliphatic carbocycles. The van der Waals surface area contributed by atoms with Crippen molar-refractivity contribution in [1.82, 2.24) is 0 Å². The molecule has 0 unspecified atom stereocenters. The fourth-order valence-corrected chi connectivity index (χ4v) is 11.0. The number of hydrogen-bond donors (Lipinski definition) is 0. The van der Waals surface area contributed by atoms with Crippen LogP contribution >= 0.6 is 0 Å². The summed E-state index contributed by atoms with van der Waals surface area (Å²) in [5.41, 5.74) is 4.97. The highest BCUT2D eigenvalue weighted by molar-refractivity contribution is 6.28. The molecule has 0 N–H and O–H groups in total. The average Bonchev–Trinajstić information content (AvgIpc) is 3.34. The van der Waals surface area contributed by atoms with Crippen molar-refractivity contribution < 1.29 is 0 Å². The van der Waals surface area contributed by atoms with Crippen LogP contribution in [0.2, 0.25) is 0 Å². The zero-order valence-corrected chi connectivity index (χ0v) is 33.8. The Balaban J connectivity index is 0.972. The summed E-state index contributed by atoms with van der Waals surface area (Å²) in [5.74, 6) is 0. The summed E-state index contributed by atoms with van der Waals surface area (Å²) in [7, 11) is 0. The maximum absolute atomic E-state index is 2.45. The van der Waals surface area contributed by atoms with Gasteiger partial charge in [-0.15, -0.1) is 0 Å². The Bertz CT molecular complexity index is 3990. The summed E-state index contributed by atoms with van der Waals surface area (Å²) in [4.78, 5) is 0. The lowest BCUT2D eigenvalue weighted by Crippen LogP contribution is -1.89. The molecule has 14 aromatic carbocycles. The van der Waals surface area contributed by atoms with Crippen molar-refractivity contribution in [2.75, 3.05) is 0 Å². The lowest BCUT2D eigenvalue weighted by atomic mass is 9.88. The second kappa shape index (κ2) is 12.7. The fraction of sp³-hybridized carbons (Fsp3) is 0. The first-order chi connectivity index (χ1) is 30.7. The van der Waals surface area contributed by atoms with E-state index in [9.17, 15) is 0 Å². The van der Waals surface area contributed by atoms with E-state index in [0.29, 0.717) is 0 Å². The van der Waals surface area contributed by atoms with Crippen LogP contribution in [-0.2, 0) is 0 Å². The van der Waals surface area contributed by atoms with Crippen LogP contribution in [0.25, 0.3) is 141 Å². The van der Waals surface area contributed by atoms with Gasteiger partial charge in [-0.1, -0.05) is 194 Å². The Hall–Kier alpha value is -8.06. The van der Waals surface area contributed by atoms with Gasteiger partial charge in [0.25, 0.3) is 0 Å². The number of rotatable bonds is 2. The van der Waals surface area contributed by atoms with Crippen LogP contribution in [0, 0.1) is 0 Å². The number of fused-ring (bicyclic) bond motifs is 19. The summed E-state index contributed by atoms with van der Waals surface area (Å²) in [6, 6.07) is 82.1. The van der Waals surface area contributed by atoms with Gasteiger partial charge in [-0.3, -0.25) is 0 Å². The Morgan fingerprint density at radius 1 is 0.145 bits per heavy atom. The Morgan fingerprint density at radius 3 is 0.823 bits per heavy atom. The van der Waals surface area contributed by atoms with E-state index >= 15 is 0 Å². The van der Waals surface area contributed by atoms with Gasteiger partial charge in [-0.2, -0.15) is 0 Å². The number of benzene rings is 14. The molecule has 0 radical (unpaired) electrons. The van der Waals surface area contributed by atoms with Gasteiger partial charge in [0, 0.05) is 0 Å². The third-order valence-electron chi connectivity index (χ3n) is 14.0. The van der Waals surface area contributed by atoms with Gasteiger partial charge in [0.15, 0.2) is 0 Å². The second-order valence-electron chi connectivity index (χ2n) is 17.1. The molecule has 0 saturated carbocycles. The molecule has 0 fully saturated rings. The molecular formula is C62H36. The molecule has 14 aromatic rings. The van der Waals surface area contributed by atoms with Crippen LogP contribution in [0.3, 0.4) is 0 Å². The molecule has 0 aliphatic heterocycles. The Morgan fingerprint density at radius 2 is 0.419 bits per heavy atom. The minimum atomic E-state index is 1.23. The normalized spacial score (nSPS) is 12.2. The van der Waals surface area contributed by atoms with Crippen molar-refractivity contribution in [2.45, 2.75) is 0 Å². The van der Waals surface area contributed by atoms with Gasteiger partial charge in [-0.25, -0.2) is 0 Å². The minimum absolute atomic E-state index is 1.23. The van der Waals surface area contributed by atoms with Gasteiger partial charge in [0.1, 0.15) is 0 Å². The molecule has 0 aromatic heterocycles. The molecule has 0 bridgehead atoms. The van der Waals surface area contributed by atoms with Crippen LogP contribution in [0.15, 0.2) is 218 Å². The van der Waals surface area contributed by atoms with Gasteiger partial charge >= 0.3 is 0 Å². The van der Waals surface area contributed by atoms with E-state index in [1.165, 1.54) is 141 Å². The molecule has 0 atom stereocenters. The van der Waals surface area contributed by atoms with Crippen LogP contribution in [0.1, 0.15) is 0 Å². The first-order valence-electron chi connectivity index (χ1n) is 21.7. The summed E-state index contributed by atoms with van der Waals surface area (Å²) in [6.45, 7) is 0. The first-order valence-corrected chi connectivity index (χ1v) is 21.7. The minimum Gasteiger partial charge on any atom is -0.0616 e. The third kappa shape index (κ3) is 4.78. The van der Waals surface area contributed by atoms with Crippen molar-refractivity contribution in [3.63, 3.8) is 0 Å². The lowest BCUT2D eigenvalue weighted by Gasteiger charge is -2.16. The zero-order valence-electron chi connectivity index (χ0n) is 33.8. The molecule has 0 spiro atoms. The van der Waals surface area contributed by atoms with Gasteiger partial charge in [0.05, 0.1) is 0 Å². The highest BCUT2D eigenvalue weighted by atomic mass is 14.2. The quantitative estimate of drug-likeness (QED) is 0.153. The van der Waals surface area contributed by atoms with Crippen LogP contribution < -0.4 is 0 Å². The average molecular weight is 781 g/mol. The maximum atomic E-state index is 2.45. The Kier molecular flexibility index (Phi) is 6.92. The topological polar surface area (TPSA) is 0 Å². The third-order valence-corrected chi connectivity index (χ3v) is 14.0. The SMILES string of the molecule is c1ccc2c(c1)ccc1c2ccc2c3cc(-c4ccc5ccc(-c6cc7c(ccc8c9ccc%10ccccc%10c9ccc78)c7ccccc67)cc5c4)c4ccccc4c3ccc12. The lowest BCUT2D eigenvalue weighted by molar-refractivity contribution is 1.68. The van der Waals surface area contributed by atoms with E-state index in [1.807, 2.05) is 0 Å². The van der Waals surface area contributed by atoms with E-state index in [2.05, 4.69) is 218 Å². The van der Waals surface area contributed by atoms with Crippen LogP contribution in [-0.4, -0.2) is 0 Å². The van der Waals surface area contributed by atoms with Crippen molar-refractivity contribution in [1.29, 1.82) is 0 Å². The molecule has 0 amide bonds. The van der Waals surface area contributed by atoms with E-state index in [4.69, 9.17) is 0 Å². The molecular weight excluding hydrogens is 745 g/mol. The first kappa shape index (κ1) is 33.7. The van der Waals surface area contributed by atoms with E-state index in [-0.39, 0.29) is 0 Å². The monoisotopic (exact) mass is 780 g/mol. The van der Waals surface area contributed by atoms with E-state index in [1.54, 1.807) is 0 Å². The smallest absolute Gasteiger partial charge is 0.00926 e. The van der Waals surface area contributed by atoms with Crippen LogP contribution in [0.4, 0.5) is 0 Å². The molecule has 0 saturated heterocycles. The van der Waals surface area contributed by atoms with Gasteiger partial charge in [0.2, 0.25) is 0 Å². The zero-order chi connectivity index (χ0) is 40.5. The molecule has 284 valence electrons. The molecule has 0 heterocycles. The highest BCUT2D eigenvalue weighted by Crippen LogP contribution is 2.44. The largest absolute Gasteiger partial charge is 0.0616 e. The number of hydrogen-bond acceptors (Lipinski definition) is 0. The predicted octanol–water partition coefficient (Wildman–Crippen LogP) is 17.7. The maximum Gasteiger partial charge on any atom is -0.00926 e. The van der Waals surface area contributed by atoms with Crippen molar-refractivity contribution in [2.24, 2.45) is 0 Å². The Labute approximate surface area is 357 Å². The summed E-state index contributed by atoms with van der Waals surface area (Å²) >= 11 is 0. The van der Waals surface area contributed by atoms with Crippen molar-refractivity contribution in [3.8, 4) is 22.3 Å². The molecule has 14 rings (SSSR count).